The number of nitriles is 1. The number of carbonyl (C=O) groups is 1. The zero-order valence-corrected chi connectivity index (χ0v) is 20.7. The van der Waals surface area contributed by atoms with Crippen molar-refractivity contribution in [2.24, 2.45) is 28.6 Å². The van der Waals surface area contributed by atoms with E-state index in [1.54, 1.807) is 0 Å². The first kappa shape index (κ1) is 22.1. The number of rotatable bonds is 3. The van der Waals surface area contributed by atoms with Crippen LogP contribution in [0.5, 0.6) is 0 Å². The van der Waals surface area contributed by atoms with Crippen molar-refractivity contribution in [3.05, 3.63) is 11.6 Å². The molecule has 3 saturated carbocycles. The van der Waals surface area contributed by atoms with Crippen molar-refractivity contribution in [1.29, 1.82) is 5.26 Å². The van der Waals surface area contributed by atoms with Crippen LogP contribution in [0.3, 0.4) is 0 Å². The van der Waals surface area contributed by atoms with Crippen molar-refractivity contribution in [3.63, 3.8) is 0 Å². The van der Waals surface area contributed by atoms with Gasteiger partial charge >= 0.3 is 5.97 Å². The molecule has 0 N–H and O–H groups in total. The number of nitrogens with zero attached hydrogens (tertiary/aromatic N) is 1. The Kier molecular flexibility index (Phi) is 5.30. The van der Waals surface area contributed by atoms with Crippen LogP contribution in [0.1, 0.15) is 72.1 Å². The molecule has 0 saturated heterocycles. The quantitative estimate of drug-likeness (QED) is 0.314. The third kappa shape index (κ3) is 3.30. The lowest BCUT2D eigenvalue weighted by atomic mass is 9.47. The van der Waals surface area contributed by atoms with Crippen molar-refractivity contribution < 1.29 is 14.0 Å². The summed E-state index contributed by atoms with van der Waals surface area (Å²) in [5.74, 6) is 1.72. The van der Waals surface area contributed by atoms with Crippen LogP contribution >= 0.6 is 0 Å². The zero-order chi connectivity index (χ0) is 21.9. The molecular formula is C25H39NO3Si. The fourth-order valence-electron chi connectivity index (χ4n) is 7.86. The molecule has 0 amide bonds. The molecule has 4 rings (SSSR count). The van der Waals surface area contributed by atoms with Crippen molar-refractivity contribution >= 4 is 14.3 Å². The summed E-state index contributed by atoms with van der Waals surface area (Å²) in [6.07, 6.45) is 10.9. The molecule has 5 heteroatoms. The van der Waals surface area contributed by atoms with Gasteiger partial charge < -0.3 is 9.16 Å². The molecule has 7 atom stereocenters. The van der Waals surface area contributed by atoms with Gasteiger partial charge in [-0.1, -0.05) is 25.5 Å². The Labute approximate surface area is 183 Å². The Balaban J connectivity index is 1.61. The van der Waals surface area contributed by atoms with E-state index in [2.05, 4.69) is 45.6 Å². The van der Waals surface area contributed by atoms with E-state index in [1.807, 2.05) is 0 Å². The van der Waals surface area contributed by atoms with Gasteiger partial charge in [0.25, 0.3) is 0 Å². The predicted molar refractivity (Wildman–Crippen MR) is 120 cm³/mol. The summed E-state index contributed by atoms with van der Waals surface area (Å²) in [4.78, 5) is 11.5. The molecular weight excluding hydrogens is 390 g/mol. The van der Waals surface area contributed by atoms with Gasteiger partial charge in [0.15, 0.2) is 8.32 Å². The first-order valence-corrected chi connectivity index (χ1v) is 15.3. The average molecular weight is 430 g/mol. The van der Waals surface area contributed by atoms with Crippen LogP contribution in [0.25, 0.3) is 0 Å². The molecule has 0 heterocycles. The lowest BCUT2D eigenvalue weighted by Crippen LogP contribution is -2.57. The fraction of sp³-hybridized carbons (Fsp3) is 0.840. The van der Waals surface area contributed by atoms with Gasteiger partial charge in [-0.2, -0.15) is 5.26 Å². The van der Waals surface area contributed by atoms with Crippen LogP contribution in [0.4, 0.5) is 0 Å². The molecule has 4 aliphatic carbocycles. The monoisotopic (exact) mass is 429 g/mol. The standard InChI is InChI=1S/C25H39NO3Si/c1-17(27)28-19-9-12-23(2)18(15-19)7-8-20-21(23)10-13-24(3)22(20)11-14-25(24,16-26)29-30(4,5)6/h7,19-22H,8-15H2,1-6H3/t19-,20-,21+,22+,23+,24+,25-/m1/s1. The van der Waals surface area contributed by atoms with E-state index in [9.17, 15) is 10.1 Å². The third-order valence-electron chi connectivity index (χ3n) is 9.17. The molecule has 30 heavy (non-hydrogen) atoms. The minimum atomic E-state index is -1.82. The largest absolute Gasteiger partial charge is 0.462 e. The molecule has 0 aromatic rings. The number of carbonyl (C=O) groups excluding carboxylic acids is 1. The van der Waals surface area contributed by atoms with E-state index in [4.69, 9.17) is 9.16 Å². The second-order valence-corrected chi connectivity index (χ2v) is 16.3. The zero-order valence-electron chi connectivity index (χ0n) is 19.7. The first-order valence-electron chi connectivity index (χ1n) is 11.9. The van der Waals surface area contributed by atoms with Crippen LogP contribution < -0.4 is 0 Å². The van der Waals surface area contributed by atoms with Crippen LogP contribution in [0.2, 0.25) is 19.6 Å². The molecule has 3 fully saturated rings. The maximum absolute atomic E-state index is 11.5. The Bertz CT molecular complexity index is 795. The van der Waals surface area contributed by atoms with Gasteiger partial charge in [-0.15, -0.1) is 0 Å². The third-order valence-corrected chi connectivity index (χ3v) is 10.1. The van der Waals surface area contributed by atoms with Crippen molar-refractivity contribution in [1.82, 2.24) is 0 Å². The topological polar surface area (TPSA) is 59.3 Å². The average Bonchev–Trinajstić information content (AvgIpc) is 2.93. The molecule has 0 aromatic carbocycles. The number of allylic oxidation sites excluding steroid dienone is 1. The summed E-state index contributed by atoms with van der Waals surface area (Å²) in [6.45, 7) is 13.0. The van der Waals surface area contributed by atoms with E-state index in [1.165, 1.54) is 18.9 Å². The van der Waals surface area contributed by atoms with Gasteiger partial charge in [-0.25, -0.2) is 0 Å². The Morgan fingerprint density at radius 2 is 1.83 bits per heavy atom. The van der Waals surface area contributed by atoms with E-state index < -0.39 is 13.9 Å². The molecule has 4 aliphatic rings. The summed E-state index contributed by atoms with van der Waals surface area (Å²) in [5.41, 5.74) is 1.09. The Hall–Kier alpha value is -1.12. The highest BCUT2D eigenvalue weighted by Crippen LogP contribution is 2.68. The SMILES string of the molecule is CC(=O)O[C@@H]1CC[C@@]2(C)C(=CC[C@@H]3[C@@H]2CC[C@@]2(C)[C@H]3CC[C@]2(C#N)O[Si](C)(C)C)C1. The second-order valence-electron chi connectivity index (χ2n) is 11.9. The molecule has 4 nitrogen and oxygen atoms in total. The fourth-order valence-corrected chi connectivity index (χ4v) is 9.28. The minimum absolute atomic E-state index is 0.0418. The Morgan fingerprint density at radius 3 is 2.47 bits per heavy atom. The molecule has 0 aliphatic heterocycles. The Morgan fingerprint density at radius 1 is 1.13 bits per heavy atom. The molecule has 0 radical (unpaired) electrons. The minimum Gasteiger partial charge on any atom is -0.462 e. The smallest absolute Gasteiger partial charge is 0.302 e. The van der Waals surface area contributed by atoms with Gasteiger partial charge in [-0.3, -0.25) is 4.79 Å². The van der Waals surface area contributed by atoms with Crippen molar-refractivity contribution in [2.45, 2.75) is 103 Å². The number of ether oxygens (including phenoxy) is 1. The van der Waals surface area contributed by atoms with Crippen LogP contribution in [-0.2, 0) is 14.0 Å². The second kappa shape index (κ2) is 7.20. The molecule has 0 unspecified atom stereocenters. The van der Waals surface area contributed by atoms with E-state index in [0.29, 0.717) is 17.8 Å². The number of hydrogen-bond donors (Lipinski definition) is 0. The van der Waals surface area contributed by atoms with Gasteiger partial charge in [0.2, 0.25) is 0 Å². The highest BCUT2D eigenvalue weighted by molar-refractivity contribution is 6.69. The summed E-state index contributed by atoms with van der Waals surface area (Å²) in [5, 5.41) is 10.3. The van der Waals surface area contributed by atoms with E-state index >= 15 is 0 Å². The molecule has 0 bridgehead atoms. The van der Waals surface area contributed by atoms with Crippen molar-refractivity contribution in [3.8, 4) is 6.07 Å². The van der Waals surface area contributed by atoms with Crippen LogP contribution in [-0.4, -0.2) is 26.0 Å². The summed E-state index contributed by atoms with van der Waals surface area (Å²) >= 11 is 0. The molecule has 166 valence electrons. The van der Waals surface area contributed by atoms with Gasteiger partial charge in [0.1, 0.15) is 11.7 Å². The summed E-state index contributed by atoms with van der Waals surface area (Å²) in [6, 6.07) is 2.71. The number of hydrogen-bond acceptors (Lipinski definition) is 4. The number of fused-ring (bicyclic) bond motifs is 5. The first-order chi connectivity index (χ1) is 13.9. The predicted octanol–water partition coefficient (Wildman–Crippen LogP) is 5.99. The highest BCUT2D eigenvalue weighted by Gasteiger charge is 2.65. The summed E-state index contributed by atoms with van der Waals surface area (Å²) in [7, 11) is -1.82. The van der Waals surface area contributed by atoms with Crippen LogP contribution in [0.15, 0.2) is 11.6 Å². The van der Waals surface area contributed by atoms with Crippen LogP contribution in [0, 0.1) is 39.9 Å². The normalized spacial score (nSPS) is 45.4. The summed E-state index contributed by atoms with van der Waals surface area (Å²) < 4.78 is 12.3. The van der Waals surface area contributed by atoms with Gasteiger partial charge in [-0.05, 0) is 87.8 Å². The number of esters is 1. The van der Waals surface area contributed by atoms with E-state index in [-0.39, 0.29) is 22.9 Å². The highest BCUT2D eigenvalue weighted by atomic mass is 28.4. The lowest BCUT2D eigenvalue weighted by molar-refractivity contribution is -0.149. The van der Waals surface area contributed by atoms with Gasteiger partial charge in [0, 0.05) is 18.8 Å². The molecule has 0 aromatic heterocycles. The maximum atomic E-state index is 11.5. The van der Waals surface area contributed by atoms with Crippen molar-refractivity contribution in [2.75, 3.05) is 0 Å². The van der Waals surface area contributed by atoms with E-state index in [0.717, 1.165) is 44.9 Å². The lowest BCUT2D eigenvalue weighted by Gasteiger charge is -2.59. The molecule has 0 spiro atoms. The van der Waals surface area contributed by atoms with Gasteiger partial charge in [0.05, 0.1) is 6.07 Å². The maximum Gasteiger partial charge on any atom is 0.302 e.